The van der Waals surface area contributed by atoms with Crippen molar-refractivity contribution in [1.82, 2.24) is 5.32 Å². The highest BCUT2D eigenvalue weighted by molar-refractivity contribution is 5.29. The van der Waals surface area contributed by atoms with Crippen LogP contribution in [0, 0.1) is 0 Å². The topological polar surface area (TPSA) is 41.5 Å². The maximum absolute atomic E-state index is 9.82. The summed E-state index contributed by atoms with van der Waals surface area (Å²) in [5.41, 5.74) is 2.03. The monoisotopic (exact) mass is 260 g/mol. The zero-order valence-corrected chi connectivity index (χ0v) is 11.0. The van der Waals surface area contributed by atoms with Gasteiger partial charge in [0.05, 0.1) is 6.10 Å². The number of likely N-dealkylation sites (N-methyl/N-ethyl adjacent to an activating group) is 1. The van der Waals surface area contributed by atoms with Crippen molar-refractivity contribution in [3.8, 4) is 5.75 Å². The minimum absolute atomic E-state index is 0.479. The van der Waals surface area contributed by atoms with Crippen molar-refractivity contribution in [2.45, 2.75) is 12.7 Å². The van der Waals surface area contributed by atoms with Gasteiger partial charge in [0.2, 0.25) is 0 Å². The summed E-state index contributed by atoms with van der Waals surface area (Å²) in [4.78, 5) is 0. The summed E-state index contributed by atoms with van der Waals surface area (Å²) < 4.78 is 5.69. The van der Waals surface area contributed by atoms with Crippen LogP contribution in [0.15, 0.2) is 54.6 Å². The zero-order chi connectivity index (χ0) is 13.5. The Kier molecular flexibility index (Phi) is 4.95. The predicted molar refractivity (Wildman–Crippen MR) is 76.1 cm³/mol. The van der Waals surface area contributed by atoms with Gasteiger partial charge in [0.1, 0.15) is 12.4 Å². The average molecular weight is 260 g/mol. The van der Waals surface area contributed by atoms with E-state index in [-0.39, 0.29) is 0 Å². The second kappa shape index (κ2) is 6.92. The van der Waals surface area contributed by atoms with Crippen LogP contribution < -0.4 is 10.1 Å². The number of rotatable bonds is 6. The molecule has 2 rings (SSSR count). The number of hydrogen-bond acceptors (Lipinski definition) is 3. The summed E-state index contributed by atoms with van der Waals surface area (Å²) in [7, 11) is 1.82. The minimum atomic E-state index is -0.479. The van der Waals surface area contributed by atoms with Crippen LogP contribution >= 0.6 is 0 Å². The quantitative estimate of drug-likeness (QED) is 0.619. The lowest BCUT2D eigenvalue weighted by Crippen LogP contribution is -2.16. The maximum Gasteiger partial charge on any atom is 0.119 e. The van der Waals surface area contributed by atoms with E-state index in [0.29, 0.717) is 13.2 Å². The van der Waals surface area contributed by atoms with Crippen molar-refractivity contribution >= 4 is 0 Å². The average Bonchev–Trinajstić information content (AvgIpc) is 2.47. The molecule has 0 bridgehead atoms. The summed E-state index contributed by atoms with van der Waals surface area (Å²) in [6, 6.07) is 17.6. The number of nitrogens with one attached hydrogen (secondary N) is 1. The molecule has 0 radical (unpaired) electrons. The van der Waals surface area contributed by atoms with Crippen molar-refractivity contribution in [1.29, 1.82) is 0 Å². The second-order valence-electron chi connectivity index (χ2n) is 4.42. The van der Waals surface area contributed by atoms with Gasteiger partial charge in [0, 0.05) is 6.54 Å². The molecule has 0 fully saturated rings. The van der Waals surface area contributed by atoms with E-state index in [1.165, 1.54) is 0 Å². The summed E-state index contributed by atoms with van der Waals surface area (Å²) in [6.45, 7) is 1.10. The zero-order valence-electron chi connectivity index (χ0n) is 11.0. The van der Waals surface area contributed by atoms with Crippen molar-refractivity contribution in [3.05, 3.63) is 65.7 Å². The molecule has 100 valence electrons. The lowest BCUT2D eigenvalue weighted by atomic mass is 10.2. The normalized spacial score (nSPS) is 12.1. The van der Waals surface area contributed by atoms with Gasteiger partial charge in [-0.3, -0.25) is 0 Å². The van der Waals surface area contributed by atoms with Crippen molar-refractivity contribution < 1.29 is 9.84 Å². The molecule has 0 aliphatic carbocycles. The van der Waals surface area contributed by atoms with E-state index in [0.717, 1.165) is 16.9 Å². The standard InChI is InChI=1S/C16H19NO2/c1-17-11-16(18)14-7-9-15(10-8-14)19-12-13-5-3-2-4-6-13/h2-10,16-18H,11-12H2,1H3/i11+1,16+1,17+1. The van der Waals surface area contributed by atoms with Crippen molar-refractivity contribution in [2.24, 2.45) is 0 Å². The molecule has 2 aromatic rings. The summed E-state index contributed by atoms with van der Waals surface area (Å²) in [5, 5.41) is 12.8. The molecule has 0 spiro atoms. The van der Waals surface area contributed by atoms with Gasteiger partial charge >= 0.3 is 0 Å². The molecule has 0 aromatic heterocycles. The first-order chi connectivity index (χ1) is 9.29. The number of hydrogen-bond donors (Lipinski definition) is 2. The van der Waals surface area contributed by atoms with Crippen LogP contribution in [0.5, 0.6) is 5.75 Å². The summed E-state index contributed by atoms with van der Waals surface area (Å²) in [6.07, 6.45) is -0.479. The van der Waals surface area contributed by atoms with E-state index in [2.05, 4.69) is 5.32 Å². The molecule has 0 amide bonds. The van der Waals surface area contributed by atoms with Gasteiger partial charge < -0.3 is 15.2 Å². The van der Waals surface area contributed by atoms with Gasteiger partial charge in [-0.15, -0.1) is 0 Å². The maximum atomic E-state index is 9.82. The fourth-order valence-electron chi connectivity index (χ4n) is 1.84. The lowest BCUT2D eigenvalue weighted by molar-refractivity contribution is 0.177. The first-order valence-corrected chi connectivity index (χ1v) is 6.39. The minimum Gasteiger partial charge on any atom is -0.489 e. The van der Waals surface area contributed by atoms with Gasteiger partial charge in [0.25, 0.3) is 0 Å². The van der Waals surface area contributed by atoms with Crippen LogP contribution in [-0.2, 0) is 6.61 Å². The molecular formula is C16H19NO2. The Bertz CT molecular complexity index is 482. The van der Waals surface area contributed by atoms with Crippen LogP contribution in [0.4, 0.5) is 0 Å². The largest absolute Gasteiger partial charge is 0.489 e. The second-order valence-corrected chi connectivity index (χ2v) is 4.42. The Morgan fingerprint density at radius 3 is 2.37 bits per heavy atom. The highest BCUT2D eigenvalue weighted by atomic mass is 16.5. The first-order valence-electron chi connectivity index (χ1n) is 6.39. The SMILES string of the molecule is C[15NH][13CH2][13CH](O)c1ccc(OCc2ccccc2)cc1. The Hall–Kier alpha value is -1.84. The molecule has 2 N–H and O–H groups in total. The molecule has 2 aromatic carbocycles. The van der Waals surface area contributed by atoms with Crippen molar-refractivity contribution in [2.75, 3.05) is 13.6 Å². The van der Waals surface area contributed by atoms with E-state index in [1.807, 2.05) is 61.6 Å². The predicted octanol–water partition coefficient (Wildman–Crippen LogP) is 2.52. The Balaban J connectivity index is 1.92. The molecular weight excluding hydrogens is 241 g/mol. The summed E-state index contributed by atoms with van der Waals surface area (Å²) >= 11 is 0. The van der Waals surface area contributed by atoms with Gasteiger partial charge in [0.15, 0.2) is 0 Å². The third kappa shape index (κ3) is 4.09. The Labute approximate surface area is 113 Å². The van der Waals surface area contributed by atoms with E-state index < -0.39 is 6.10 Å². The van der Waals surface area contributed by atoms with E-state index in [1.54, 1.807) is 0 Å². The first kappa shape index (κ1) is 13.6. The van der Waals surface area contributed by atoms with Gasteiger partial charge in [-0.05, 0) is 30.3 Å². The summed E-state index contributed by atoms with van der Waals surface area (Å²) in [5.74, 6) is 0.810. The molecule has 0 saturated heterocycles. The third-order valence-electron chi connectivity index (χ3n) is 2.91. The van der Waals surface area contributed by atoms with E-state index in [9.17, 15) is 5.11 Å². The van der Waals surface area contributed by atoms with Gasteiger partial charge in [-0.2, -0.15) is 0 Å². The van der Waals surface area contributed by atoms with Crippen molar-refractivity contribution in [3.63, 3.8) is 0 Å². The molecule has 0 saturated carbocycles. The third-order valence-corrected chi connectivity index (χ3v) is 2.91. The molecule has 3 nitrogen and oxygen atoms in total. The van der Waals surface area contributed by atoms with Gasteiger partial charge in [-0.25, -0.2) is 0 Å². The molecule has 3 heteroatoms. The highest BCUT2D eigenvalue weighted by Crippen LogP contribution is 2.18. The smallest absolute Gasteiger partial charge is 0.119 e. The lowest BCUT2D eigenvalue weighted by Gasteiger charge is -2.11. The van der Waals surface area contributed by atoms with E-state index in [4.69, 9.17) is 4.74 Å². The molecule has 0 aliphatic rings. The molecule has 1 unspecified atom stereocenters. The van der Waals surface area contributed by atoms with Crippen LogP contribution in [-0.4, -0.2) is 18.7 Å². The number of aliphatic hydroxyl groups is 1. The number of ether oxygens (including phenoxy) is 1. The molecule has 0 aliphatic heterocycles. The Morgan fingerprint density at radius 1 is 1.05 bits per heavy atom. The molecule has 19 heavy (non-hydrogen) atoms. The van der Waals surface area contributed by atoms with Crippen LogP contribution in [0.3, 0.4) is 0 Å². The molecule has 0 heterocycles. The Morgan fingerprint density at radius 2 is 1.74 bits per heavy atom. The fourth-order valence-corrected chi connectivity index (χ4v) is 1.84. The molecule has 1 atom stereocenters. The van der Waals surface area contributed by atoms with Gasteiger partial charge in [-0.1, -0.05) is 42.5 Å². The van der Waals surface area contributed by atoms with Crippen LogP contribution in [0.2, 0.25) is 0 Å². The van der Waals surface area contributed by atoms with Crippen LogP contribution in [0.1, 0.15) is 17.2 Å². The van der Waals surface area contributed by atoms with E-state index >= 15 is 0 Å². The fraction of sp³-hybridized carbons (Fsp3) is 0.250. The number of aliphatic hydroxyl groups excluding tert-OH is 1. The number of benzene rings is 2. The van der Waals surface area contributed by atoms with Crippen LogP contribution in [0.25, 0.3) is 0 Å². The highest BCUT2D eigenvalue weighted by Gasteiger charge is 2.05.